The number of carboxylic acid groups (broad SMARTS) is 1. The number of aliphatic hydroxyl groups is 2. The Labute approximate surface area is 476 Å². The van der Waals surface area contributed by atoms with Crippen molar-refractivity contribution in [1.29, 1.82) is 0 Å². The monoisotopic (exact) mass is 1070 g/mol. The summed E-state index contributed by atoms with van der Waals surface area (Å²) in [6.45, 7) is 12.0. The van der Waals surface area contributed by atoms with Gasteiger partial charge in [-0.1, -0.05) is 185 Å². The second kappa shape index (κ2) is 19.6. The second-order valence-corrected chi connectivity index (χ2v) is 28.3. The zero-order valence-electron chi connectivity index (χ0n) is 47.9. The molecule has 0 saturated heterocycles. The van der Waals surface area contributed by atoms with Crippen molar-refractivity contribution < 1.29 is 25.2 Å². The van der Waals surface area contributed by atoms with Crippen LogP contribution in [0.5, 0.6) is 5.75 Å². The highest BCUT2D eigenvalue weighted by Gasteiger charge is 2.78. The van der Waals surface area contributed by atoms with Crippen LogP contribution in [0.3, 0.4) is 0 Å². The van der Waals surface area contributed by atoms with Gasteiger partial charge in [-0.25, -0.2) is 0 Å². The Hall–Kier alpha value is -5.49. The van der Waals surface area contributed by atoms with Gasteiger partial charge in [0.25, 0.3) is 0 Å². The third kappa shape index (κ3) is 7.70. The summed E-state index contributed by atoms with van der Waals surface area (Å²) in [6.07, 6.45) is 30.4. The first-order valence-electron chi connectivity index (χ1n) is 31.5. The Kier molecular flexibility index (Phi) is 12.9. The molecular weight excluding hydrogens is 981 g/mol. The molecule has 0 unspecified atom stereocenters. The number of carboxylic acids is 1. The van der Waals surface area contributed by atoms with Crippen LogP contribution in [0.4, 0.5) is 0 Å². The third-order valence-electron chi connectivity index (χ3n) is 24.9. The molecule has 0 aromatic heterocycles. The van der Waals surface area contributed by atoms with Crippen molar-refractivity contribution in [2.75, 3.05) is 0 Å². The molecule has 5 heteroatoms. The average Bonchev–Trinajstić information content (AvgIpc) is 3.82. The van der Waals surface area contributed by atoms with E-state index in [2.05, 4.69) is 130 Å². The van der Waals surface area contributed by atoms with E-state index in [-0.39, 0.29) is 40.3 Å². The first-order valence-corrected chi connectivity index (χ1v) is 31.5. The van der Waals surface area contributed by atoms with Gasteiger partial charge in [-0.3, -0.25) is 4.79 Å². The summed E-state index contributed by atoms with van der Waals surface area (Å²) in [5, 5.41) is 50.8. The van der Waals surface area contributed by atoms with Gasteiger partial charge in [-0.2, -0.15) is 0 Å². The van der Waals surface area contributed by atoms with Crippen LogP contribution >= 0.6 is 0 Å². The Balaban J connectivity index is 0.939. The van der Waals surface area contributed by atoms with Gasteiger partial charge in [0.05, 0.1) is 18.1 Å². The molecule has 0 heterocycles. The number of benzene rings is 4. The second-order valence-electron chi connectivity index (χ2n) is 28.3. The third-order valence-corrected chi connectivity index (χ3v) is 24.9. The van der Waals surface area contributed by atoms with E-state index in [1.807, 2.05) is 12.1 Å². The number of aromatic hydroxyl groups is 1. The smallest absolute Gasteiger partial charge is 0.306 e. The van der Waals surface area contributed by atoms with Gasteiger partial charge in [0.2, 0.25) is 0 Å². The molecular formula is C75H86O5. The highest BCUT2D eigenvalue weighted by molar-refractivity contribution is 5.84. The fraction of sp³-hybridized carbons (Fsp3) is 0.507. The zero-order valence-corrected chi connectivity index (χ0v) is 47.9. The van der Waals surface area contributed by atoms with Crippen molar-refractivity contribution in [3.8, 4) is 16.9 Å². The highest BCUT2D eigenvalue weighted by atomic mass is 16.4. The molecule has 10 aliphatic carbocycles. The molecule has 10 aliphatic rings. The summed E-state index contributed by atoms with van der Waals surface area (Å²) < 4.78 is 0. The van der Waals surface area contributed by atoms with Crippen molar-refractivity contribution in [2.24, 2.45) is 80.3 Å². The van der Waals surface area contributed by atoms with Crippen molar-refractivity contribution >= 4 is 17.1 Å². The summed E-state index contributed by atoms with van der Waals surface area (Å²) in [4.78, 5) is 14.3. The first-order chi connectivity index (χ1) is 38.7. The molecule has 4 aromatic carbocycles. The zero-order chi connectivity index (χ0) is 54.9. The topological polar surface area (TPSA) is 98.0 Å². The summed E-state index contributed by atoms with van der Waals surface area (Å²) in [7, 11) is 0. The molecule has 416 valence electrons. The number of hydrogen-bond donors (Lipinski definition) is 4. The minimum Gasteiger partial charge on any atom is -0.508 e. The van der Waals surface area contributed by atoms with E-state index in [0.29, 0.717) is 42.9 Å². The quantitative estimate of drug-likeness (QED) is 0.100. The largest absolute Gasteiger partial charge is 0.508 e. The molecule has 80 heavy (non-hydrogen) atoms. The van der Waals surface area contributed by atoms with Gasteiger partial charge in [0.1, 0.15) is 5.75 Å². The number of phenolic OH excluding ortho intramolecular Hbond substituents is 1. The molecule has 4 saturated carbocycles. The maximum Gasteiger partial charge on any atom is 0.306 e. The Morgan fingerprint density at radius 1 is 0.812 bits per heavy atom. The highest BCUT2D eigenvalue weighted by Crippen LogP contribution is 2.84. The van der Waals surface area contributed by atoms with Crippen LogP contribution in [0.25, 0.3) is 22.3 Å². The van der Waals surface area contributed by atoms with Gasteiger partial charge in [-0.15, -0.1) is 0 Å². The summed E-state index contributed by atoms with van der Waals surface area (Å²) >= 11 is 0. The Morgan fingerprint density at radius 3 is 2.31 bits per heavy atom. The van der Waals surface area contributed by atoms with Crippen molar-refractivity contribution in [3.63, 3.8) is 0 Å². The van der Waals surface area contributed by atoms with Crippen LogP contribution in [0.15, 0.2) is 162 Å². The van der Waals surface area contributed by atoms with Crippen molar-refractivity contribution in [2.45, 2.75) is 155 Å². The van der Waals surface area contributed by atoms with Crippen LogP contribution in [-0.2, 0) is 17.6 Å². The molecule has 13 atom stereocenters. The molecule has 5 nitrogen and oxygen atoms in total. The molecule has 4 aromatic rings. The molecule has 0 aliphatic heterocycles. The lowest BCUT2D eigenvalue weighted by molar-refractivity contribution is -0.182. The summed E-state index contributed by atoms with van der Waals surface area (Å²) in [6, 6.07) is 36.8. The van der Waals surface area contributed by atoms with Crippen LogP contribution in [0.1, 0.15) is 141 Å². The number of rotatable bonds is 13. The van der Waals surface area contributed by atoms with E-state index >= 15 is 0 Å². The maximum atomic E-state index is 14.3. The number of hydrogen-bond acceptors (Lipinski definition) is 4. The minimum absolute atomic E-state index is 0.0819. The fourth-order valence-electron chi connectivity index (χ4n) is 21.6. The Morgan fingerprint density at radius 2 is 1.55 bits per heavy atom. The molecule has 1 spiro atoms. The van der Waals surface area contributed by atoms with Crippen molar-refractivity contribution in [3.05, 3.63) is 184 Å². The standard InChI is InChI=1S/C75H86O5/c1-46(47(2)51-18-9-6-10-19-51)23-33-60(69(79)80)68-65(77)45-74(54-28-24-49(25-29-54)39-48-15-7-5-8-16-48)64-44-73-37-14-36-71(3)66(78)42-55-30-34-59-57-21-11-12-22-58(57)61(41-50-17-13-20-53(40-50)52-26-31-56(76)32-27-52)62(43-73)67(59)75(55,70(71)73)63(64)35-38-72(68,74)4/h5,7-8,11-17,20-22,26-27,30-32,34,37,40,43,47,49,51,54-55,60,65-68,70,76-78H,1,6,9-10,18-19,23-25,28-29,33,35-36,38-39,41-42,44-45H2,2-4H3,(H,79,80)/t47-,49?,54?,55-,60-,65-,66+,67-,68+,70-,71-,72-,73-,74-,75-/m1/s1. The van der Waals surface area contributed by atoms with Gasteiger partial charge >= 0.3 is 5.97 Å². The van der Waals surface area contributed by atoms with E-state index < -0.39 is 40.3 Å². The summed E-state index contributed by atoms with van der Waals surface area (Å²) in [5.41, 5.74) is 11.7. The van der Waals surface area contributed by atoms with Gasteiger partial charge in [0.15, 0.2) is 0 Å². The lowest BCUT2D eigenvalue weighted by atomic mass is 9.28. The maximum absolute atomic E-state index is 14.3. The fourth-order valence-corrected chi connectivity index (χ4v) is 21.6. The van der Waals surface area contributed by atoms with Crippen LogP contribution in [-0.4, -0.2) is 38.6 Å². The van der Waals surface area contributed by atoms with Crippen LogP contribution in [0, 0.1) is 80.3 Å². The van der Waals surface area contributed by atoms with E-state index in [9.17, 15) is 25.2 Å². The minimum atomic E-state index is -0.746. The van der Waals surface area contributed by atoms with E-state index in [4.69, 9.17) is 6.58 Å². The average molecular weight is 1070 g/mol. The number of fused-ring (bicyclic) bond motifs is 3. The molecule has 0 amide bonds. The van der Waals surface area contributed by atoms with Crippen LogP contribution < -0.4 is 10.4 Å². The Bertz CT molecular complexity index is 3380. The van der Waals surface area contributed by atoms with E-state index in [0.717, 1.165) is 81.8 Å². The SMILES string of the molecule is C=C(CC[C@@H](C(=O)O)[C@H]1[C@H](O)C[C@@]2(C3CCC(Cc4ccccc4)CC3)C3=C(CC[C@]12C)[C@@]12[C@H]4C5=C[C@]6(C=CC[C@](C)([C@@H](O)C[C@H]1C=CC4=c1ccccc1=C5Cc1cccc(-c4ccc(O)cc4)c1)[C@H]62)C3)[C@@H](C)C1CCCCC1. The van der Waals surface area contributed by atoms with Gasteiger partial charge in [-0.05, 0) is 205 Å². The normalized spacial score (nSPS) is 37.2. The number of phenols is 1. The molecule has 0 radical (unpaired) electrons. The molecule has 4 N–H and O–H groups in total. The number of carbonyl (C=O) groups is 1. The molecule has 14 rings (SSSR count). The number of allylic oxidation sites excluding steroid dienone is 9. The van der Waals surface area contributed by atoms with Crippen LogP contribution in [0.2, 0.25) is 0 Å². The summed E-state index contributed by atoms with van der Waals surface area (Å²) in [5.74, 6) is 0.738. The molecule has 2 bridgehead atoms. The predicted octanol–water partition coefficient (Wildman–Crippen LogP) is 14.8. The van der Waals surface area contributed by atoms with E-state index in [1.165, 1.54) is 76.0 Å². The lowest BCUT2D eigenvalue weighted by Gasteiger charge is -2.75. The van der Waals surface area contributed by atoms with Gasteiger partial charge < -0.3 is 20.4 Å². The van der Waals surface area contributed by atoms with Crippen molar-refractivity contribution in [1.82, 2.24) is 0 Å². The first kappa shape index (κ1) is 52.6. The molecule has 4 fully saturated rings. The van der Waals surface area contributed by atoms with E-state index in [1.54, 1.807) is 23.3 Å². The predicted molar refractivity (Wildman–Crippen MR) is 321 cm³/mol. The number of aliphatic hydroxyl groups excluding tert-OH is 2. The van der Waals surface area contributed by atoms with Gasteiger partial charge in [0, 0.05) is 33.5 Å². The number of aliphatic carboxylic acids is 1. The lowest BCUT2D eigenvalue weighted by Crippen LogP contribution is -2.71.